The molecule has 7 aromatic carbocycles. The molecule has 4 nitrogen and oxygen atoms in total. The number of para-hydroxylation sites is 1. The summed E-state index contributed by atoms with van der Waals surface area (Å²) >= 11 is 0. The van der Waals surface area contributed by atoms with Crippen LogP contribution in [0.1, 0.15) is 128 Å². The maximum absolute atomic E-state index is 12.7. The molecule has 0 aliphatic heterocycles. The third-order valence-electron chi connectivity index (χ3n) is 14.0. The van der Waals surface area contributed by atoms with Crippen LogP contribution < -0.4 is 0 Å². The van der Waals surface area contributed by atoms with Crippen molar-refractivity contribution in [3.63, 3.8) is 0 Å². The third-order valence-corrected chi connectivity index (χ3v) is 14.0. The van der Waals surface area contributed by atoms with E-state index in [0.29, 0.717) is 5.82 Å². The van der Waals surface area contributed by atoms with Gasteiger partial charge < -0.3 is 5.11 Å². The van der Waals surface area contributed by atoms with Gasteiger partial charge in [0, 0.05) is 43.9 Å². The summed E-state index contributed by atoms with van der Waals surface area (Å²) in [4.78, 5) is 10.9. The number of aromatic hydroxyl groups is 1. The normalized spacial score (nSPS) is 12.2. The molecule has 358 valence electrons. The van der Waals surface area contributed by atoms with Crippen molar-refractivity contribution < 1.29 is 26.2 Å². The van der Waals surface area contributed by atoms with Crippen molar-refractivity contribution in [1.29, 1.82) is 0 Å². The van der Waals surface area contributed by atoms with Gasteiger partial charge in [0.1, 0.15) is 11.6 Å². The maximum atomic E-state index is 12.7. The molecule has 5 heteroatoms. The van der Waals surface area contributed by atoms with E-state index in [1.165, 1.54) is 27.8 Å². The van der Waals surface area contributed by atoms with Crippen LogP contribution >= 0.6 is 0 Å². The average molecular weight is 1100 g/mol. The molecule has 9 rings (SSSR count). The Morgan fingerprint density at radius 3 is 1.63 bits per heavy atom. The molecule has 70 heavy (non-hydrogen) atoms. The second kappa shape index (κ2) is 19.4. The SMILES string of the molecule is CC(C)c1cc(-c2ccccc2)cc(C(C)C)c1-n1c(-c2cc(C(C)(C)C)cc(C(C)(C)C)c2O)nc2c(-c3[c-]c(-c4ccc(-c5ccccc5)cn4)cc(C(C)(C)c4ccccc4)c3)cccc21.[Pt]. The number of aromatic nitrogens is 3. The summed E-state index contributed by atoms with van der Waals surface area (Å²) in [6.45, 7) is 27.0. The van der Waals surface area contributed by atoms with Gasteiger partial charge in [-0.05, 0) is 91.4 Å². The van der Waals surface area contributed by atoms with Gasteiger partial charge in [-0.2, -0.15) is 0 Å². The van der Waals surface area contributed by atoms with Gasteiger partial charge in [-0.15, -0.1) is 29.3 Å². The predicted molar refractivity (Wildman–Crippen MR) is 291 cm³/mol. The summed E-state index contributed by atoms with van der Waals surface area (Å²) in [5.41, 5.74) is 17.8. The van der Waals surface area contributed by atoms with Crippen LogP contribution in [0.3, 0.4) is 0 Å². The van der Waals surface area contributed by atoms with Crippen LogP contribution in [0.25, 0.3) is 72.7 Å². The Labute approximate surface area is 431 Å². The van der Waals surface area contributed by atoms with Crippen LogP contribution in [-0.4, -0.2) is 19.6 Å². The van der Waals surface area contributed by atoms with Gasteiger partial charge in [-0.1, -0.05) is 216 Å². The fraction of sp³-hybridized carbons (Fsp3) is 0.262. The molecular weight excluding hydrogens is 1030 g/mol. The fourth-order valence-electron chi connectivity index (χ4n) is 9.74. The molecule has 0 amide bonds. The minimum Gasteiger partial charge on any atom is -0.507 e. The first kappa shape index (κ1) is 50.0. The molecular formula is C65H66N3OPt-. The van der Waals surface area contributed by atoms with E-state index in [0.717, 1.165) is 72.5 Å². The van der Waals surface area contributed by atoms with E-state index in [2.05, 4.69) is 245 Å². The van der Waals surface area contributed by atoms with Crippen LogP contribution in [0.2, 0.25) is 0 Å². The first-order valence-corrected chi connectivity index (χ1v) is 24.6. The first-order valence-electron chi connectivity index (χ1n) is 24.6. The van der Waals surface area contributed by atoms with Crippen LogP contribution in [0.15, 0.2) is 164 Å². The summed E-state index contributed by atoms with van der Waals surface area (Å²) in [5.74, 6) is 1.31. The molecule has 0 atom stereocenters. The first-order chi connectivity index (χ1) is 32.8. The van der Waals surface area contributed by atoms with E-state index >= 15 is 0 Å². The third kappa shape index (κ3) is 9.61. The van der Waals surface area contributed by atoms with E-state index in [1.54, 1.807) is 0 Å². The molecule has 0 fully saturated rings. The Morgan fingerprint density at radius 2 is 1.09 bits per heavy atom. The van der Waals surface area contributed by atoms with Gasteiger partial charge in [-0.3, -0.25) is 9.55 Å². The molecule has 0 saturated heterocycles. The van der Waals surface area contributed by atoms with Crippen LogP contribution in [-0.2, 0) is 37.3 Å². The van der Waals surface area contributed by atoms with Gasteiger partial charge in [0.15, 0.2) is 0 Å². The summed E-state index contributed by atoms with van der Waals surface area (Å²) in [6.07, 6.45) is 1.97. The molecule has 0 spiro atoms. The van der Waals surface area contributed by atoms with Crippen LogP contribution in [0.4, 0.5) is 0 Å². The summed E-state index contributed by atoms with van der Waals surface area (Å²) in [7, 11) is 0. The molecule has 1 N–H and O–H groups in total. The summed E-state index contributed by atoms with van der Waals surface area (Å²) in [6, 6.07) is 60.2. The molecule has 2 heterocycles. The van der Waals surface area contributed by atoms with Crippen molar-refractivity contribution in [3.8, 4) is 67.5 Å². The number of phenols is 1. The number of nitrogens with zero attached hydrogens (tertiary/aromatic N) is 3. The Balaban J connectivity index is 0.00000659. The zero-order chi connectivity index (χ0) is 49.0. The molecule has 0 saturated carbocycles. The molecule has 2 aromatic heterocycles. The van der Waals surface area contributed by atoms with Crippen molar-refractivity contribution in [3.05, 3.63) is 203 Å². The van der Waals surface area contributed by atoms with Crippen molar-refractivity contribution >= 4 is 11.0 Å². The minimum absolute atomic E-state index is 0. The van der Waals surface area contributed by atoms with Crippen molar-refractivity contribution in [2.45, 2.75) is 111 Å². The molecule has 9 aromatic rings. The number of benzene rings is 7. The Morgan fingerprint density at radius 1 is 0.514 bits per heavy atom. The van der Waals surface area contributed by atoms with Crippen LogP contribution in [0, 0.1) is 6.07 Å². The smallest absolute Gasteiger partial charge is 0.148 e. The Bertz CT molecular complexity index is 3270. The second-order valence-corrected chi connectivity index (χ2v) is 22.0. The van der Waals surface area contributed by atoms with E-state index < -0.39 is 0 Å². The van der Waals surface area contributed by atoms with Crippen LogP contribution in [0.5, 0.6) is 5.75 Å². The number of imidazole rings is 1. The zero-order valence-electron chi connectivity index (χ0n) is 42.8. The topological polar surface area (TPSA) is 50.9 Å². The molecule has 0 unspecified atom stereocenters. The largest absolute Gasteiger partial charge is 0.507 e. The number of rotatable bonds is 10. The molecule has 0 radical (unpaired) electrons. The summed E-state index contributed by atoms with van der Waals surface area (Å²) < 4.78 is 2.37. The fourth-order valence-corrected chi connectivity index (χ4v) is 9.74. The average Bonchev–Trinajstić information content (AvgIpc) is 3.73. The minimum atomic E-state index is -0.358. The van der Waals surface area contributed by atoms with Gasteiger partial charge in [-0.25, -0.2) is 4.98 Å². The molecule has 0 aliphatic carbocycles. The molecule has 0 aliphatic rings. The standard InChI is InChI=1S/C65H66N3O.Pt/c1-41(2)53-36-46(44-25-18-14-19-26-44)37-54(42(3)4)60(53)68-58-30-22-29-52(59(58)67-62(68)55-38-50(63(5,6)7)39-56(61(55)69)64(8,9)10)47-33-48(35-51(34-47)65(11,12)49-27-20-15-21-28-49)57-32-31-45(40-66-57)43-23-16-13-17-24-43;/h13-32,34-42,69H,1-12H3;/q-1;. The monoisotopic (exact) mass is 1100 g/mol. The predicted octanol–water partition coefficient (Wildman–Crippen LogP) is 17.4. The molecule has 0 bridgehead atoms. The van der Waals surface area contributed by atoms with Gasteiger partial charge in [0.05, 0.1) is 22.3 Å². The second-order valence-electron chi connectivity index (χ2n) is 22.0. The zero-order valence-corrected chi connectivity index (χ0v) is 45.1. The van der Waals surface area contributed by atoms with Gasteiger partial charge in [0.25, 0.3) is 0 Å². The van der Waals surface area contributed by atoms with Crippen molar-refractivity contribution in [1.82, 2.24) is 14.5 Å². The van der Waals surface area contributed by atoms with Gasteiger partial charge >= 0.3 is 0 Å². The van der Waals surface area contributed by atoms with E-state index in [9.17, 15) is 5.11 Å². The van der Waals surface area contributed by atoms with E-state index in [1.807, 2.05) is 12.3 Å². The van der Waals surface area contributed by atoms with Crippen molar-refractivity contribution in [2.24, 2.45) is 0 Å². The summed E-state index contributed by atoms with van der Waals surface area (Å²) in [5, 5.41) is 12.7. The number of hydrogen-bond donors (Lipinski definition) is 1. The maximum Gasteiger partial charge on any atom is 0.148 e. The van der Waals surface area contributed by atoms with E-state index in [-0.39, 0.29) is 54.9 Å². The van der Waals surface area contributed by atoms with E-state index in [4.69, 9.17) is 9.97 Å². The quantitative estimate of drug-likeness (QED) is 0.139. The van der Waals surface area contributed by atoms with Gasteiger partial charge in [0.2, 0.25) is 0 Å². The Hall–Kier alpha value is -6.35. The number of phenolic OH excluding ortho intramolecular Hbond substituents is 1. The number of pyridine rings is 1. The number of fused-ring (bicyclic) bond motifs is 1. The van der Waals surface area contributed by atoms with Crippen molar-refractivity contribution in [2.75, 3.05) is 0 Å². The number of hydrogen-bond acceptors (Lipinski definition) is 3. The Kier molecular flexibility index (Phi) is 13.9.